The molecule has 1 aromatic rings. The van der Waals surface area contributed by atoms with Crippen LogP contribution >= 0.6 is 0 Å². The van der Waals surface area contributed by atoms with Crippen LogP contribution in [0.1, 0.15) is 32.6 Å². The highest BCUT2D eigenvalue weighted by Gasteiger charge is 2.24. The Morgan fingerprint density at radius 1 is 1.33 bits per heavy atom. The fraction of sp³-hybridized carbons (Fsp3) is 0.600. The first-order valence-corrected chi connectivity index (χ1v) is 8.85. The molecule has 0 saturated heterocycles. The van der Waals surface area contributed by atoms with Crippen LogP contribution in [0.4, 0.5) is 5.69 Å². The molecule has 0 radical (unpaired) electrons. The first-order valence-electron chi connectivity index (χ1n) is 7.37. The van der Waals surface area contributed by atoms with Crippen LogP contribution in [0.5, 0.6) is 5.75 Å². The Kier molecular flexibility index (Phi) is 5.11. The molecule has 1 aliphatic rings. The predicted octanol–water partition coefficient (Wildman–Crippen LogP) is 2.38. The summed E-state index contributed by atoms with van der Waals surface area (Å²) in [5.74, 6) is 1.37. The highest BCUT2D eigenvalue weighted by molar-refractivity contribution is 7.89. The van der Waals surface area contributed by atoms with E-state index in [-0.39, 0.29) is 4.90 Å². The lowest BCUT2D eigenvalue weighted by molar-refractivity contribution is 0.257. The molecule has 0 amide bonds. The third-order valence-electron chi connectivity index (χ3n) is 4.34. The Labute approximate surface area is 126 Å². The number of nitrogen functional groups attached to an aromatic ring is 1. The summed E-state index contributed by atoms with van der Waals surface area (Å²) in [6.45, 7) is 2.70. The zero-order valence-corrected chi connectivity index (χ0v) is 13.4. The van der Waals surface area contributed by atoms with Crippen molar-refractivity contribution in [2.45, 2.75) is 37.5 Å². The smallest absolute Gasteiger partial charge is 0.240 e. The summed E-state index contributed by atoms with van der Waals surface area (Å²) in [6, 6.07) is 4.52. The number of ether oxygens (including phenoxy) is 1. The molecule has 1 aromatic carbocycles. The van der Waals surface area contributed by atoms with E-state index in [9.17, 15) is 8.42 Å². The topological polar surface area (TPSA) is 81.4 Å². The zero-order chi connectivity index (χ0) is 15.5. The number of hydrogen-bond acceptors (Lipinski definition) is 4. The van der Waals surface area contributed by atoms with E-state index in [1.807, 2.05) is 0 Å². The van der Waals surface area contributed by atoms with Gasteiger partial charge in [0.2, 0.25) is 10.0 Å². The van der Waals surface area contributed by atoms with Gasteiger partial charge in [-0.3, -0.25) is 0 Å². The van der Waals surface area contributed by atoms with Crippen LogP contribution in [0.3, 0.4) is 0 Å². The number of methoxy groups -OCH3 is 1. The van der Waals surface area contributed by atoms with Crippen molar-refractivity contribution in [3.8, 4) is 5.75 Å². The molecule has 2 atom stereocenters. The molecule has 2 rings (SSSR count). The normalized spacial score (nSPS) is 23.0. The summed E-state index contributed by atoms with van der Waals surface area (Å²) in [6.07, 6.45) is 4.71. The van der Waals surface area contributed by atoms with Crippen molar-refractivity contribution in [2.75, 3.05) is 19.4 Å². The molecule has 0 heterocycles. The molecule has 0 bridgehead atoms. The van der Waals surface area contributed by atoms with E-state index in [2.05, 4.69) is 11.6 Å². The second-order valence-corrected chi connectivity index (χ2v) is 7.54. The Bertz CT molecular complexity index is 587. The molecule has 0 aromatic heterocycles. The highest BCUT2D eigenvalue weighted by Crippen LogP contribution is 2.29. The molecule has 1 fully saturated rings. The van der Waals surface area contributed by atoms with Crippen LogP contribution in [0.2, 0.25) is 0 Å². The average Bonchev–Trinajstić information content (AvgIpc) is 2.46. The van der Waals surface area contributed by atoms with Gasteiger partial charge in [-0.2, -0.15) is 0 Å². The van der Waals surface area contributed by atoms with Crippen LogP contribution in [-0.4, -0.2) is 22.1 Å². The lowest BCUT2D eigenvalue weighted by Gasteiger charge is -2.28. The molecule has 21 heavy (non-hydrogen) atoms. The molecular formula is C15H24N2O3S. The Morgan fingerprint density at radius 2 is 2.05 bits per heavy atom. The summed E-state index contributed by atoms with van der Waals surface area (Å²) in [5.41, 5.74) is 6.14. The summed E-state index contributed by atoms with van der Waals surface area (Å²) in [5, 5.41) is 0. The van der Waals surface area contributed by atoms with Gasteiger partial charge in [0.1, 0.15) is 5.75 Å². The van der Waals surface area contributed by atoms with Crippen molar-refractivity contribution >= 4 is 15.7 Å². The fourth-order valence-corrected chi connectivity index (χ4v) is 3.96. The van der Waals surface area contributed by atoms with Crippen LogP contribution in [0.15, 0.2) is 23.1 Å². The van der Waals surface area contributed by atoms with Gasteiger partial charge >= 0.3 is 0 Å². The van der Waals surface area contributed by atoms with E-state index in [0.29, 0.717) is 29.8 Å². The lowest BCUT2D eigenvalue weighted by Crippen LogP contribution is -2.33. The SMILES string of the molecule is COc1cc(S(=O)(=O)NCC2CCCCC2C)ccc1N. The molecule has 0 aliphatic heterocycles. The van der Waals surface area contributed by atoms with Gasteiger partial charge in [0, 0.05) is 12.6 Å². The monoisotopic (exact) mass is 312 g/mol. The molecule has 3 N–H and O–H groups in total. The average molecular weight is 312 g/mol. The first kappa shape index (κ1) is 16.1. The minimum Gasteiger partial charge on any atom is -0.495 e. The number of benzene rings is 1. The van der Waals surface area contributed by atoms with Crippen LogP contribution < -0.4 is 15.2 Å². The van der Waals surface area contributed by atoms with E-state index in [1.165, 1.54) is 38.5 Å². The van der Waals surface area contributed by atoms with E-state index >= 15 is 0 Å². The maximum absolute atomic E-state index is 12.4. The quantitative estimate of drug-likeness (QED) is 0.818. The van der Waals surface area contributed by atoms with E-state index in [1.54, 1.807) is 6.07 Å². The summed E-state index contributed by atoms with van der Waals surface area (Å²) in [7, 11) is -2.05. The largest absolute Gasteiger partial charge is 0.495 e. The minimum atomic E-state index is -3.52. The van der Waals surface area contributed by atoms with Gasteiger partial charge in [0.25, 0.3) is 0 Å². The van der Waals surface area contributed by atoms with E-state index < -0.39 is 10.0 Å². The number of nitrogens with one attached hydrogen (secondary N) is 1. The second-order valence-electron chi connectivity index (χ2n) is 5.78. The van der Waals surface area contributed by atoms with Gasteiger partial charge in [-0.25, -0.2) is 13.1 Å². The first-order chi connectivity index (χ1) is 9.94. The molecule has 5 nitrogen and oxygen atoms in total. The van der Waals surface area contributed by atoms with Crippen molar-refractivity contribution in [2.24, 2.45) is 11.8 Å². The molecule has 1 saturated carbocycles. The molecule has 2 unspecified atom stereocenters. The van der Waals surface area contributed by atoms with Gasteiger partial charge in [-0.15, -0.1) is 0 Å². The highest BCUT2D eigenvalue weighted by atomic mass is 32.2. The van der Waals surface area contributed by atoms with Crippen molar-refractivity contribution in [3.63, 3.8) is 0 Å². The van der Waals surface area contributed by atoms with Gasteiger partial charge in [-0.1, -0.05) is 26.2 Å². The minimum absolute atomic E-state index is 0.192. The summed E-state index contributed by atoms with van der Waals surface area (Å²) in [4.78, 5) is 0.192. The third-order valence-corrected chi connectivity index (χ3v) is 5.76. The van der Waals surface area contributed by atoms with Crippen LogP contribution in [0, 0.1) is 11.8 Å². The predicted molar refractivity (Wildman–Crippen MR) is 83.7 cm³/mol. The van der Waals surface area contributed by atoms with Gasteiger partial charge in [0.15, 0.2) is 0 Å². The molecule has 6 heteroatoms. The lowest BCUT2D eigenvalue weighted by atomic mass is 9.81. The summed E-state index contributed by atoms with van der Waals surface area (Å²) >= 11 is 0. The van der Waals surface area contributed by atoms with Gasteiger partial charge < -0.3 is 10.5 Å². The second kappa shape index (κ2) is 6.66. The van der Waals surface area contributed by atoms with E-state index in [4.69, 9.17) is 10.5 Å². The summed E-state index contributed by atoms with van der Waals surface area (Å²) < 4.78 is 32.5. The molecular weight excluding hydrogens is 288 g/mol. The van der Waals surface area contributed by atoms with Gasteiger partial charge in [0.05, 0.1) is 17.7 Å². The van der Waals surface area contributed by atoms with Crippen molar-refractivity contribution in [1.29, 1.82) is 0 Å². The zero-order valence-electron chi connectivity index (χ0n) is 12.6. The number of rotatable bonds is 5. The Morgan fingerprint density at radius 3 is 2.71 bits per heavy atom. The van der Waals surface area contributed by atoms with Crippen molar-refractivity contribution < 1.29 is 13.2 Å². The number of anilines is 1. The van der Waals surface area contributed by atoms with Crippen LogP contribution in [0.25, 0.3) is 0 Å². The van der Waals surface area contributed by atoms with Gasteiger partial charge in [-0.05, 0) is 30.4 Å². The fourth-order valence-electron chi connectivity index (χ4n) is 2.86. The number of nitrogens with two attached hydrogens (primary N) is 1. The molecule has 0 spiro atoms. The van der Waals surface area contributed by atoms with Crippen molar-refractivity contribution in [1.82, 2.24) is 4.72 Å². The van der Waals surface area contributed by atoms with Crippen LogP contribution in [-0.2, 0) is 10.0 Å². The van der Waals surface area contributed by atoms with E-state index in [0.717, 1.165) is 6.42 Å². The molecule has 118 valence electrons. The molecule has 1 aliphatic carbocycles. The Balaban J connectivity index is 2.07. The number of sulfonamides is 1. The maximum atomic E-state index is 12.4. The Hall–Kier alpha value is -1.27. The third kappa shape index (κ3) is 3.89. The maximum Gasteiger partial charge on any atom is 0.240 e. The van der Waals surface area contributed by atoms with Crippen molar-refractivity contribution in [3.05, 3.63) is 18.2 Å². The number of hydrogen-bond donors (Lipinski definition) is 2. The standard InChI is InChI=1S/C15H24N2O3S/c1-11-5-3-4-6-12(11)10-17-21(18,19)13-7-8-14(16)15(9-13)20-2/h7-9,11-12,17H,3-6,10,16H2,1-2H3.